The highest BCUT2D eigenvalue weighted by Gasteiger charge is 2.27. The van der Waals surface area contributed by atoms with Gasteiger partial charge in [-0.15, -0.1) is 0 Å². The fourth-order valence-corrected chi connectivity index (χ4v) is 11.8. The molecule has 0 unspecified atom stereocenters. The smallest absolute Gasteiger partial charge is 0.159 e. The predicted octanol–water partition coefficient (Wildman–Crippen LogP) is 20.5. The lowest BCUT2D eigenvalue weighted by molar-refractivity contribution is 0.670. The molecule has 12 aromatic carbocycles. The summed E-state index contributed by atoms with van der Waals surface area (Å²) in [7, 11) is 0. The van der Waals surface area contributed by atoms with Crippen LogP contribution in [-0.2, 0) is 0 Å². The molecule has 74 heavy (non-hydrogen) atoms. The van der Waals surface area contributed by atoms with Gasteiger partial charge in [0.2, 0.25) is 0 Å². The van der Waals surface area contributed by atoms with Gasteiger partial charge in [-0.05, 0) is 156 Å². The van der Waals surface area contributed by atoms with E-state index in [0.29, 0.717) is 0 Å². The molecule has 4 nitrogen and oxygen atoms in total. The van der Waals surface area contributed by atoms with Crippen molar-refractivity contribution in [1.82, 2.24) is 0 Å². The predicted molar refractivity (Wildman–Crippen MR) is 313 cm³/mol. The molecule has 354 valence electrons. The summed E-state index contributed by atoms with van der Waals surface area (Å²) in [5.74, 6) is 0. The number of hydrogen-bond acceptors (Lipinski definition) is 4. The molecule has 0 bridgehead atoms. The third kappa shape index (κ3) is 6.61. The lowest BCUT2D eigenvalue weighted by atomic mass is 9.91. The zero-order valence-corrected chi connectivity index (χ0v) is 42.3. The number of hydrogen-bond donors (Lipinski definition) is 0. The number of rotatable bonds is 8. The Kier molecular flexibility index (Phi) is 9.87. The zero-order valence-electron chi connectivity index (χ0n) is 42.3. The van der Waals surface area contributed by atoms with Gasteiger partial charge in [-0.1, -0.05) is 158 Å². The van der Waals surface area contributed by atoms with Crippen molar-refractivity contribution in [2.45, 2.75) is 41.5 Å². The molecule has 0 amide bonds. The van der Waals surface area contributed by atoms with Crippen molar-refractivity contribution in [1.29, 1.82) is 0 Å². The first-order chi connectivity index (χ1) is 36.2. The summed E-state index contributed by atoms with van der Waals surface area (Å²) in [6, 6.07) is 75.5. The van der Waals surface area contributed by atoms with Crippen LogP contribution in [0.1, 0.15) is 33.4 Å². The summed E-state index contributed by atoms with van der Waals surface area (Å²) < 4.78 is 14.4. The third-order valence-corrected chi connectivity index (χ3v) is 16.0. The Morgan fingerprint density at radius 3 is 1.05 bits per heavy atom. The second kappa shape index (κ2) is 16.7. The minimum absolute atomic E-state index is 0.851. The first kappa shape index (κ1) is 43.7. The topological polar surface area (TPSA) is 32.8 Å². The molecule has 0 aliphatic carbocycles. The van der Waals surface area contributed by atoms with Gasteiger partial charge in [0.15, 0.2) is 11.2 Å². The number of anilines is 6. The fourth-order valence-electron chi connectivity index (χ4n) is 11.8. The Hall–Kier alpha value is -9.12. The standard InChI is InChI=1S/C70H52N2O2/c1-41-27-33-49(39-45(41)5)71(63-25-13-23-57-55-21-11-19-53(67(55)73-69(57)63)51-17-9-7-15-43(51)3)61-37-31-47-30-36-60-62(38-32-48-29-35-59(61)65(47)66(48)60)72(50-34-28-42(2)46(6)40-50)64-26-14-24-58-56-22-12-20-54(68(56)74-70(58)64)52-18-10-8-16-44(52)4/h7-40H,1-6H3. The lowest BCUT2D eigenvalue weighted by Crippen LogP contribution is -2.12. The van der Waals surface area contributed by atoms with Gasteiger partial charge in [0.25, 0.3) is 0 Å². The Labute approximate surface area is 430 Å². The lowest BCUT2D eigenvalue weighted by Gasteiger charge is -2.29. The molecule has 0 radical (unpaired) electrons. The van der Waals surface area contributed by atoms with Gasteiger partial charge in [-0.3, -0.25) is 0 Å². The van der Waals surface area contributed by atoms with Crippen molar-refractivity contribution >= 4 is 110 Å². The molecule has 2 heterocycles. The maximum Gasteiger partial charge on any atom is 0.159 e. The molecule has 0 saturated heterocycles. The van der Waals surface area contributed by atoms with Gasteiger partial charge in [-0.25, -0.2) is 0 Å². The average molecular weight is 953 g/mol. The molecule has 0 N–H and O–H groups in total. The minimum Gasteiger partial charge on any atom is -0.453 e. The summed E-state index contributed by atoms with van der Waals surface area (Å²) in [5, 5.41) is 11.5. The van der Waals surface area contributed by atoms with E-state index in [1.54, 1.807) is 0 Å². The highest BCUT2D eigenvalue weighted by Crippen LogP contribution is 2.51. The van der Waals surface area contributed by atoms with E-state index < -0.39 is 0 Å². The van der Waals surface area contributed by atoms with E-state index in [-0.39, 0.29) is 0 Å². The van der Waals surface area contributed by atoms with Crippen molar-refractivity contribution in [2.75, 3.05) is 9.80 Å². The quantitative estimate of drug-likeness (QED) is 0.142. The van der Waals surface area contributed by atoms with Crippen LogP contribution in [0.3, 0.4) is 0 Å². The molecule has 2 aromatic heterocycles. The highest BCUT2D eigenvalue weighted by atomic mass is 16.3. The van der Waals surface area contributed by atoms with Crippen LogP contribution in [0, 0.1) is 41.5 Å². The molecule has 0 atom stereocenters. The van der Waals surface area contributed by atoms with Crippen molar-refractivity contribution in [3.63, 3.8) is 0 Å². The Morgan fingerprint density at radius 1 is 0.257 bits per heavy atom. The molecule has 0 saturated carbocycles. The Morgan fingerprint density at radius 2 is 0.635 bits per heavy atom. The molecule has 0 aliphatic heterocycles. The average Bonchev–Trinajstić information content (AvgIpc) is 4.07. The van der Waals surface area contributed by atoms with Crippen LogP contribution >= 0.6 is 0 Å². The van der Waals surface area contributed by atoms with Crippen LogP contribution in [0.25, 0.3) is 98.4 Å². The number of para-hydroxylation sites is 4. The molecule has 14 rings (SSSR count). The molecule has 4 heteroatoms. The Bertz CT molecular complexity index is 4300. The van der Waals surface area contributed by atoms with E-state index in [1.807, 2.05) is 0 Å². The van der Waals surface area contributed by atoms with Gasteiger partial charge < -0.3 is 18.6 Å². The van der Waals surface area contributed by atoms with Gasteiger partial charge in [-0.2, -0.15) is 0 Å². The number of furan rings is 2. The number of aryl methyl sites for hydroxylation is 6. The zero-order chi connectivity index (χ0) is 49.9. The van der Waals surface area contributed by atoms with Crippen LogP contribution < -0.4 is 9.80 Å². The third-order valence-electron chi connectivity index (χ3n) is 16.0. The van der Waals surface area contributed by atoms with Crippen LogP contribution in [0.2, 0.25) is 0 Å². The molecule has 14 aromatic rings. The summed E-state index contributed by atoms with van der Waals surface area (Å²) in [6.07, 6.45) is 0. The molecular weight excluding hydrogens is 901 g/mol. The van der Waals surface area contributed by atoms with Gasteiger partial charge in [0.05, 0.1) is 22.7 Å². The van der Waals surface area contributed by atoms with Gasteiger partial charge in [0, 0.05) is 54.8 Å². The van der Waals surface area contributed by atoms with E-state index in [2.05, 4.69) is 258 Å². The molecular formula is C70H52N2O2. The maximum absolute atomic E-state index is 7.20. The Balaban J connectivity index is 1.01. The molecule has 0 fully saturated rings. The first-order valence-electron chi connectivity index (χ1n) is 25.7. The van der Waals surface area contributed by atoms with Crippen molar-refractivity contribution < 1.29 is 8.83 Å². The van der Waals surface area contributed by atoms with Crippen LogP contribution in [-0.4, -0.2) is 0 Å². The maximum atomic E-state index is 7.20. The monoisotopic (exact) mass is 952 g/mol. The van der Waals surface area contributed by atoms with Gasteiger partial charge in [0.1, 0.15) is 11.2 Å². The van der Waals surface area contributed by atoms with E-state index in [1.165, 1.54) is 66.1 Å². The van der Waals surface area contributed by atoms with E-state index >= 15 is 0 Å². The second-order valence-corrected chi connectivity index (χ2v) is 20.3. The van der Waals surface area contributed by atoms with Crippen molar-refractivity contribution in [3.05, 3.63) is 240 Å². The van der Waals surface area contributed by atoms with Crippen LogP contribution in [0.5, 0.6) is 0 Å². The molecule has 0 aliphatic rings. The first-order valence-corrected chi connectivity index (χ1v) is 25.7. The van der Waals surface area contributed by atoms with Crippen LogP contribution in [0.4, 0.5) is 34.1 Å². The largest absolute Gasteiger partial charge is 0.453 e. The van der Waals surface area contributed by atoms with Crippen molar-refractivity contribution in [2.24, 2.45) is 0 Å². The van der Waals surface area contributed by atoms with Crippen molar-refractivity contribution in [3.8, 4) is 22.3 Å². The SMILES string of the molecule is Cc1ccc(N(c2ccc3ccc4c(N(c5ccc(C)c(C)c5)c5cccc6c5oc5c(-c7ccccc7C)cccc56)ccc5ccc2c3c54)c2cccc3c2oc2c(-c4ccccc4C)cccc23)cc1C. The van der Waals surface area contributed by atoms with E-state index in [0.717, 1.165) is 99.9 Å². The van der Waals surface area contributed by atoms with Crippen LogP contribution in [0.15, 0.2) is 215 Å². The van der Waals surface area contributed by atoms with E-state index in [4.69, 9.17) is 8.83 Å². The summed E-state index contributed by atoms with van der Waals surface area (Å²) in [6.45, 7) is 13.1. The summed E-state index contributed by atoms with van der Waals surface area (Å²) >= 11 is 0. The fraction of sp³-hybridized carbons (Fsp3) is 0.0857. The number of nitrogens with zero attached hydrogens (tertiary/aromatic N) is 2. The minimum atomic E-state index is 0.851. The highest BCUT2D eigenvalue weighted by molar-refractivity contribution is 6.29. The number of fused-ring (bicyclic) bond motifs is 6. The molecule has 0 spiro atoms. The van der Waals surface area contributed by atoms with Gasteiger partial charge >= 0.3 is 0 Å². The van der Waals surface area contributed by atoms with E-state index in [9.17, 15) is 0 Å². The summed E-state index contributed by atoms with van der Waals surface area (Å²) in [5.41, 5.74) is 21.7. The second-order valence-electron chi connectivity index (χ2n) is 20.3. The number of benzene rings is 12. The normalized spacial score (nSPS) is 11.9. The summed E-state index contributed by atoms with van der Waals surface area (Å²) in [4.78, 5) is 4.85.